The van der Waals surface area contributed by atoms with E-state index < -0.39 is 0 Å². The minimum atomic E-state index is 1.08. The zero-order chi connectivity index (χ0) is 12.9. The van der Waals surface area contributed by atoms with Crippen LogP contribution in [0.15, 0.2) is 42.7 Å². The van der Waals surface area contributed by atoms with E-state index in [4.69, 9.17) is 0 Å². The Morgan fingerprint density at radius 2 is 1.95 bits per heavy atom. The van der Waals surface area contributed by atoms with Gasteiger partial charge in [0.2, 0.25) is 0 Å². The molecular formula is C15H20N4. The van der Waals surface area contributed by atoms with Crippen LogP contribution in [0.25, 0.3) is 5.69 Å². The van der Waals surface area contributed by atoms with E-state index in [0.717, 1.165) is 39.1 Å². The third-order valence-corrected chi connectivity index (χ3v) is 3.65. The maximum absolute atomic E-state index is 4.33. The van der Waals surface area contributed by atoms with E-state index in [9.17, 15) is 0 Å². The van der Waals surface area contributed by atoms with Gasteiger partial charge in [-0.2, -0.15) is 5.10 Å². The van der Waals surface area contributed by atoms with Crippen molar-refractivity contribution < 1.29 is 0 Å². The second-order valence-corrected chi connectivity index (χ2v) is 4.92. The van der Waals surface area contributed by atoms with Crippen molar-refractivity contribution in [3.63, 3.8) is 0 Å². The Bertz CT molecular complexity index is 501. The third-order valence-electron chi connectivity index (χ3n) is 3.65. The highest BCUT2D eigenvalue weighted by atomic mass is 15.3. The summed E-state index contributed by atoms with van der Waals surface area (Å²) in [6, 6.07) is 10.5. The summed E-state index contributed by atoms with van der Waals surface area (Å²) in [4.78, 5) is 2.52. The molecule has 2 heterocycles. The molecule has 1 saturated heterocycles. The fourth-order valence-corrected chi connectivity index (χ4v) is 2.57. The molecule has 0 spiro atoms. The highest BCUT2D eigenvalue weighted by Gasteiger charge is 2.10. The molecule has 4 heteroatoms. The minimum absolute atomic E-state index is 1.08. The van der Waals surface area contributed by atoms with Crippen molar-refractivity contribution in [2.45, 2.75) is 6.42 Å². The normalized spacial score (nSPS) is 16.6. The van der Waals surface area contributed by atoms with E-state index in [-0.39, 0.29) is 0 Å². The van der Waals surface area contributed by atoms with Gasteiger partial charge in [-0.3, -0.25) is 0 Å². The van der Waals surface area contributed by atoms with E-state index in [0.29, 0.717) is 0 Å². The van der Waals surface area contributed by atoms with Gasteiger partial charge in [-0.1, -0.05) is 18.2 Å². The lowest BCUT2D eigenvalue weighted by Gasteiger charge is -2.27. The average Bonchev–Trinajstić information content (AvgIpc) is 3.01. The lowest BCUT2D eigenvalue weighted by molar-refractivity contribution is 0.244. The molecule has 1 N–H and O–H groups in total. The SMILES string of the molecule is c1ccc(-n2cccn2)c(CCN2CCNCC2)c1. The third kappa shape index (κ3) is 3.03. The molecule has 4 nitrogen and oxygen atoms in total. The van der Waals surface area contributed by atoms with Crippen molar-refractivity contribution in [2.75, 3.05) is 32.7 Å². The number of rotatable bonds is 4. The van der Waals surface area contributed by atoms with Crippen molar-refractivity contribution in [3.8, 4) is 5.69 Å². The maximum Gasteiger partial charge on any atom is 0.0677 e. The van der Waals surface area contributed by atoms with Crippen LogP contribution in [0, 0.1) is 0 Å². The number of benzene rings is 1. The predicted octanol–water partition coefficient (Wildman–Crippen LogP) is 1.32. The van der Waals surface area contributed by atoms with Crippen molar-refractivity contribution in [1.29, 1.82) is 0 Å². The van der Waals surface area contributed by atoms with Gasteiger partial charge in [-0.05, 0) is 24.1 Å². The van der Waals surface area contributed by atoms with E-state index in [1.54, 1.807) is 0 Å². The quantitative estimate of drug-likeness (QED) is 0.895. The van der Waals surface area contributed by atoms with Gasteiger partial charge in [0.25, 0.3) is 0 Å². The largest absolute Gasteiger partial charge is 0.314 e. The first-order valence-corrected chi connectivity index (χ1v) is 6.94. The molecule has 19 heavy (non-hydrogen) atoms. The van der Waals surface area contributed by atoms with Crippen LogP contribution in [0.2, 0.25) is 0 Å². The first-order valence-electron chi connectivity index (χ1n) is 6.94. The fraction of sp³-hybridized carbons (Fsp3) is 0.400. The number of hydrogen-bond acceptors (Lipinski definition) is 3. The minimum Gasteiger partial charge on any atom is -0.314 e. The predicted molar refractivity (Wildman–Crippen MR) is 76.6 cm³/mol. The zero-order valence-electron chi connectivity index (χ0n) is 11.1. The Balaban J connectivity index is 1.70. The molecule has 0 unspecified atom stereocenters. The highest BCUT2D eigenvalue weighted by Crippen LogP contribution is 2.14. The zero-order valence-corrected chi connectivity index (χ0v) is 11.1. The number of hydrogen-bond donors (Lipinski definition) is 1. The van der Waals surface area contributed by atoms with Crippen LogP contribution in [-0.4, -0.2) is 47.4 Å². The molecule has 0 bridgehead atoms. The number of para-hydroxylation sites is 1. The van der Waals surface area contributed by atoms with Gasteiger partial charge in [-0.15, -0.1) is 0 Å². The van der Waals surface area contributed by atoms with Crippen LogP contribution >= 0.6 is 0 Å². The first-order chi connectivity index (χ1) is 9.43. The number of nitrogens with zero attached hydrogens (tertiary/aromatic N) is 3. The molecule has 100 valence electrons. The Morgan fingerprint density at radius 3 is 2.74 bits per heavy atom. The van der Waals surface area contributed by atoms with E-state index >= 15 is 0 Å². The van der Waals surface area contributed by atoms with Crippen LogP contribution < -0.4 is 5.32 Å². The van der Waals surface area contributed by atoms with Gasteiger partial charge in [0.05, 0.1) is 5.69 Å². The van der Waals surface area contributed by atoms with Crippen LogP contribution in [0.1, 0.15) is 5.56 Å². The van der Waals surface area contributed by atoms with Gasteiger partial charge in [-0.25, -0.2) is 4.68 Å². The summed E-state index contributed by atoms with van der Waals surface area (Å²) in [5.74, 6) is 0. The summed E-state index contributed by atoms with van der Waals surface area (Å²) in [5, 5.41) is 7.73. The van der Waals surface area contributed by atoms with Crippen molar-refractivity contribution in [1.82, 2.24) is 20.0 Å². The van der Waals surface area contributed by atoms with E-state index in [1.807, 2.05) is 23.1 Å². The Morgan fingerprint density at radius 1 is 1.11 bits per heavy atom. The first kappa shape index (κ1) is 12.4. The molecule has 1 aromatic carbocycles. The standard InChI is InChI=1S/C15H20N4/c1-2-5-15(19-10-3-7-17-19)14(4-1)6-11-18-12-8-16-9-13-18/h1-5,7,10,16H,6,8-9,11-13H2. The van der Waals surface area contributed by atoms with Crippen LogP contribution in [0.4, 0.5) is 0 Å². The molecule has 2 aromatic rings. The molecular weight excluding hydrogens is 236 g/mol. The summed E-state index contributed by atoms with van der Waals surface area (Å²) < 4.78 is 1.95. The van der Waals surface area contributed by atoms with Gasteiger partial charge < -0.3 is 10.2 Å². The van der Waals surface area contributed by atoms with E-state index in [2.05, 4.69) is 39.6 Å². The monoisotopic (exact) mass is 256 g/mol. The van der Waals surface area contributed by atoms with Crippen LogP contribution in [0.3, 0.4) is 0 Å². The molecule has 0 aliphatic carbocycles. The molecule has 1 aliphatic rings. The molecule has 0 saturated carbocycles. The Hall–Kier alpha value is -1.65. The lowest BCUT2D eigenvalue weighted by atomic mass is 10.1. The highest BCUT2D eigenvalue weighted by molar-refractivity contribution is 5.40. The summed E-state index contributed by atoms with van der Waals surface area (Å²) in [6.45, 7) is 5.66. The van der Waals surface area contributed by atoms with Crippen molar-refractivity contribution in [2.24, 2.45) is 0 Å². The molecule has 1 fully saturated rings. The molecule has 0 amide bonds. The number of aromatic nitrogens is 2. The van der Waals surface area contributed by atoms with Gasteiger partial charge in [0.15, 0.2) is 0 Å². The second kappa shape index (κ2) is 5.99. The molecule has 0 radical (unpaired) electrons. The van der Waals surface area contributed by atoms with Gasteiger partial charge in [0.1, 0.15) is 0 Å². The van der Waals surface area contributed by atoms with Crippen molar-refractivity contribution in [3.05, 3.63) is 48.3 Å². The summed E-state index contributed by atoms with van der Waals surface area (Å²) >= 11 is 0. The summed E-state index contributed by atoms with van der Waals surface area (Å²) in [7, 11) is 0. The summed E-state index contributed by atoms with van der Waals surface area (Å²) in [5.41, 5.74) is 2.56. The molecule has 1 aromatic heterocycles. The van der Waals surface area contributed by atoms with Gasteiger partial charge in [0, 0.05) is 45.1 Å². The van der Waals surface area contributed by atoms with Gasteiger partial charge >= 0.3 is 0 Å². The van der Waals surface area contributed by atoms with E-state index in [1.165, 1.54) is 11.3 Å². The van der Waals surface area contributed by atoms with Crippen LogP contribution in [0.5, 0.6) is 0 Å². The smallest absolute Gasteiger partial charge is 0.0677 e. The number of nitrogens with one attached hydrogen (secondary N) is 1. The maximum atomic E-state index is 4.33. The molecule has 0 atom stereocenters. The molecule has 1 aliphatic heterocycles. The molecule has 3 rings (SSSR count). The average molecular weight is 256 g/mol. The topological polar surface area (TPSA) is 33.1 Å². The number of piperazine rings is 1. The second-order valence-electron chi connectivity index (χ2n) is 4.92. The van der Waals surface area contributed by atoms with Crippen molar-refractivity contribution >= 4 is 0 Å². The lowest BCUT2D eigenvalue weighted by Crippen LogP contribution is -2.44. The Labute approximate surface area is 114 Å². The summed E-state index contributed by atoms with van der Waals surface area (Å²) in [6.07, 6.45) is 4.91. The van der Waals surface area contributed by atoms with Crippen LogP contribution in [-0.2, 0) is 6.42 Å². The Kier molecular flexibility index (Phi) is 3.91. The fourth-order valence-electron chi connectivity index (χ4n) is 2.57.